The van der Waals surface area contributed by atoms with Crippen LogP contribution in [0.25, 0.3) is 66.1 Å². The fourth-order valence-corrected chi connectivity index (χ4v) is 7.56. The van der Waals surface area contributed by atoms with Crippen LogP contribution in [-0.2, 0) is 5.41 Å². The molecule has 0 aromatic heterocycles. The van der Waals surface area contributed by atoms with E-state index in [1.807, 2.05) is 0 Å². The number of benzene rings is 7. The fraction of sp³-hybridized carbons (Fsp3) is 0.116. The van der Waals surface area contributed by atoms with E-state index in [1.54, 1.807) is 0 Å². The van der Waals surface area contributed by atoms with Crippen molar-refractivity contribution in [3.63, 3.8) is 0 Å². The molecule has 0 fully saturated rings. The summed E-state index contributed by atoms with van der Waals surface area (Å²) < 4.78 is 0. The van der Waals surface area contributed by atoms with E-state index in [-0.39, 0.29) is 5.41 Å². The minimum atomic E-state index is -0.0120. The zero-order chi connectivity index (χ0) is 29.3. The molecule has 206 valence electrons. The highest BCUT2D eigenvalue weighted by Gasteiger charge is 2.35. The summed E-state index contributed by atoms with van der Waals surface area (Å²) in [7, 11) is 0. The maximum atomic E-state index is 2.45. The van der Waals surface area contributed by atoms with Crippen LogP contribution in [0, 0.1) is 13.8 Å². The third-order valence-corrected chi connectivity index (χ3v) is 9.65. The third kappa shape index (κ3) is 3.90. The quantitative estimate of drug-likeness (QED) is 0.192. The zero-order valence-electron chi connectivity index (χ0n) is 25.2. The van der Waals surface area contributed by atoms with Gasteiger partial charge in [0.1, 0.15) is 0 Å². The highest BCUT2D eigenvalue weighted by molar-refractivity contribution is 6.22. The molecule has 0 amide bonds. The first kappa shape index (κ1) is 25.7. The highest BCUT2D eigenvalue weighted by Crippen LogP contribution is 2.51. The zero-order valence-corrected chi connectivity index (χ0v) is 25.2. The summed E-state index contributed by atoms with van der Waals surface area (Å²) in [6.07, 6.45) is 0. The van der Waals surface area contributed by atoms with Crippen molar-refractivity contribution in [3.05, 3.63) is 156 Å². The Morgan fingerprint density at radius 3 is 1.84 bits per heavy atom. The molecule has 0 radical (unpaired) electrons. The maximum Gasteiger partial charge on any atom is 0.0158 e. The summed E-state index contributed by atoms with van der Waals surface area (Å²) in [6, 6.07) is 49.8. The molecule has 0 nitrogen and oxygen atoms in total. The van der Waals surface area contributed by atoms with Crippen molar-refractivity contribution in [2.24, 2.45) is 0 Å². The highest BCUT2D eigenvalue weighted by atomic mass is 14.4. The van der Waals surface area contributed by atoms with Crippen LogP contribution in [0.1, 0.15) is 36.1 Å². The van der Waals surface area contributed by atoms with Gasteiger partial charge in [-0.2, -0.15) is 0 Å². The van der Waals surface area contributed by atoms with Crippen LogP contribution in [0.4, 0.5) is 0 Å². The molecule has 0 spiro atoms. The lowest BCUT2D eigenvalue weighted by Crippen LogP contribution is -2.14. The molecule has 1 aliphatic carbocycles. The van der Waals surface area contributed by atoms with E-state index in [1.165, 1.54) is 88.3 Å². The summed E-state index contributed by atoms with van der Waals surface area (Å²) >= 11 is 0. The second-order valence-corrected chi connectivity index (χ2v) is 12.7. The molecule has 43 heavy (non-hydrogen) atoms. The molecule has 0 heteroatoms. The van der Waals surface area contributed by atoms with Gasteiger partial charge in [0.15, 0.2) is 0 Å². The number of aryl methyl sites for hydroxylation is 2. The third-order valence-electron chi connectivity index (χ3n) is 9.65. The molecule has 0 heterocycles. The van der Waals surface area contributed by atoms with Gasteiger partial charge in [-0.25, -0.2) is 0 Å². The van der Waals surface area contributed by atoms with Crippen molar-refractivity contribution in [3.8, 4) is 44.5 Å². The first-order valence-corrected chi connectivity index (χ1v) is 15.3. The van der Waals surface area contributed by atoms with Crippen LogP contribution >= 0.6 is 0 Å². The molecule has 0 N–H and O–H groups in total. The predicted octanol–water partition coefficient (Wildman–Crippen LogP) is 11.9. The number of rotatable bonds is 3. The van der Waals surface area contributed by atoms with Crippen molar-refractivity contribution in [2.45, 2.75) is 33.1 Å². The first-order valence-electron chi connectivity index (χ1n) is 15.3. The molecule has 0 bridgehead atoms. The number of hydrogen-bond acceptors (Lipinski definition) is 0. The molecule has 1 aliphatic rings. The van der Waals surface area contributed by atoms with Gasteiger partial charge in [-0.1, -0.05) is 141 Å². The molecular weight excluding hydrogens is 516 g/mol. The van der Waals surface area contributed by atoms with Gasteiger partial charge in [0.05, 0.1) is 0 Å². The smallest absolute Gasteiger partial charge is 0.0158 e. The van der Waals surface area contributed by atoms with Crippen LogP contribution in [0.2, 0.25) is 0 Å². The first-order chi connectivity index (χ1) is 20.9. The van der Waals surface area contributed by atoms with E-state index in [2.05, 4.69) is 161 Å². The Kier molecular flexibility index (Phi) is 5.71. The van der Waals surface area contributed by atoms with Gasteiger partial charge in [-0.3, -0.25) is 0 Å². The van der Waals surface area contributed by atoms with Gasteiger partial charge in [-0.05, 0) is 109 Å². The Morgan fingerprint density at radius 2 is 1.05 bits per heavy atom. The Morgan fingerprint density at radius 1 is 0.395 bits per heavy atom. The van der Waals surface area contributed by atoms with Gasteiger partial charge in [0, 0.05) is 5.41 Å². The van der Waals surface area contributed by atoms with Crippen molar-refractivity contribution in [1.29, 1.82) is 0 Å². The van der Waals surface area contributed by atoms with Crippen LogP contribution in [-0.4, -0.2) is 0 Å². The van der Waals surface area contributed by atoms with E-state index >= 15 is 0 Å². The second-order valence-electron chi connectivity index (χ2n) is 12.7. The fourth-order valence-electron chi connectivity index (χ4n) is 7.56. The molecule has 7 aromatic carbocycles. The maximum absolute atomic E-state index is 2.45. The molecule has 7 aromatic rings. The molecule has 0 aliphatic heterocycles. The Labute approximate surface area is 254 Å². The minimum absolute atomic E-state index is 0.0120. The largest absolute Gasteiger partial charge is 0.0622 e. The van der Waals surface area contributed by atoms with Crippen LogP contribution in [0.15, 0.2) is 133 Å². The van der Waals surface area contributed by atoms with Gasteiger partial charge < -0.3 is 0 Å². The van der Waals surface area contributed by atoms with E-state index in [4.69, 9.17) is 0 Å². The standard InChI is InChI=1S/C43H34/c1-27-18-21-32(28(2)24-27)42-35-16-9-8-15-34(35)41(38-25-30(19-22-36(38)42)29-12-6-5-7-13-29)31-20-23-40-37(26-31)33-14-10-11-17-39(33)43(40,3)4/h5-26H,1-4H3. The number of fused-ring (bicyclic) bond motifs is 5. The summed E-state index contributed by atoms with van der Waals surface area (Å²) in [5.74, 6) is 0. The van der Waals surface area contributed by atoms with E-state index in [0.717, 1.165) is 0 Å². The second kappa shape index (κ2) is 9.54. The van der Waals surface area contributed by atoms with E-state index in [9.17, 15) is 0 Å². The van der Waals surface area contributed by atoms with Crippen LogP contribution in [0.3, 0.4) is 0 Å². The topological polar surface area (TPSA) is 0 Å². The summed E-state index contributed by atoms with van der Waals surface area (Å²) in [4.78, 5) is 0. The summed E-state index contributed by atoms with van der Waals surface area (Å²) in [6.45, 7) is 9.13. The molecule has 0 atom stereocenters. The van der Waals surface area contributed by atoms with E-state index < -0.39 is 0 Å². The van der Waals surface area contributed by atoms with Gasteiger partial charge in [0.2, 0.25) is 0 Å². The lowest BCUT2D eigenvalue weighted by Gasteiger charge is -2.22. The van der Waals surface area contributed by atoms with Crippen molar-refractivity contribution in [2.75, 3.05) is 0 Å². The lowest BCUT2D eigenvalue weighted by atomic mass is 9.81. The van der Waals surface area contributed by atoms with Gasteiger partial charge >= 0.3 is 0 Å². The normalized spacial score (nSPS) is 13.3. The average Bonchev–Trinajstić information content (AvgIpc) is 3.26. The Bertz CT molecular complexity index is 2210. The van der Waals surface area contributed by atoms with Crippen LogP contribution < -0.4 is 0 Å². The molecule has 8 rings (SSSR count). The van der Waals surface area contributed by atoms with Crippen molar-refractivity contribution < 1.29 is 0 Å². The Hall–Kier alpha value is -4.94. The lowest BCUT2D eigenvalue weighted by molar-refractivity contribution is 0.660. The monoisotopic (exact) mass is 550 g/mol. The summed E-state index contributed by atoms with van der Waals surface area (Å²) in [5, 5.41) is 5.17. The molecule has 0 unspecified atom stereocenters. The number of hydrogen-bond donors (Lipinski definition) is 0. The summed E-state index contributed by atoms with van der Waals surface area (Å²) in [5.41, 5.74) is 15.8. The molecule has 0 saturated carbocycles. The van der Waals surface area contributed by atoms with Crippen molar-refractivity contribution >= 4 is 21.5 Å². The van der Waals surface area contributed by atoms with E-state index in [0.29, 0.717) is 0 Å². The predicted molar refractivity (Wildman–Crippen MR) is 185 cm³/mol. The van der Waals surface area contributed by atoms with Gasteiger partial charge in [-0.15, -0.1) is 0 Å². The average molecular weight is 551 g/mol. The minimum Gasteiger partial charge on any atom is -0.0622 e. The van der Waals surface area contributed by atoms with Crippen LogP contribution in [0.5, 0.6) is 0 Å². The van der Waals surface area contributed by atoms with Gasteiger partial charge in [0.25, 0.3) is 0 Å². The Balaban J connectivity index is 1.50. The van der Waals surface area contributed by atoms with Crippen molar-refractivity contribution in [1.82, 2.24) is 0 Å². The molecular formula is C43H34. The SMILES string of the molecule is Cc1ccc(-c2c3ccccc3c(-c3ccc4c(c3)-c3ccccc3C4(C)C)c3cc(-c4ccccc4)ccc23)c(C)c1. The molecule has 0 saturated heterocycles.